The molecule has 0 bridgehead atoms. The highest BCUT2D eigenvalue weighted by molar-refractivity contribution is 5.86. The van der Waals surface area contributed by atoms with E-state index < -0.39 is 0 Å². The summed E-state index contributed by atoms with van der Waals surface area (Å²) in [7, 11) is 0. The molecule has 1 aromatic rings. The first kappa shape index (κ1) is 28.2. The molecule has 0 spiro atoms. The molecule has 2 aliphatic carbocycles. The van der Waals surface area contributed by atoms with Crippen molar-refractivity contribution >= 4 is 11.5 Å². The Hall–Kier alpha value is -2.39. The van der Waals surface area contributed by atoms with Gasteiger partial charge < -0.3 is 9.84 Å². The van der Waals surface area contributed by atoms with Crippen molar-refractivity contribution in [2.45, 2.75) is 84.5 Å². The summed E-state index contributed by atoms with van der Waals surface area (Å²) >= 11 is 0. The standard InChI is InChI=1S/C33H46O3/c1-4-5-6-8-26-14-19-30(20-15-26)29-10-7-9-27(13-18-29)11-12-28-16-21-31(22-17-28)32(23-34)24-36-33(35)25(2)3/h7,9,13-15,18-20,28,31-32,34H,2,4-6,8,10-12,16-17,21-24H2,1,3H3. The fourth-order valence-corrected chi connectivity index (χ4v) is 5.48. The summed E-state index contributed by atoms with van der Waals surface area (Å²) in [5, 5.41) is 9.82. The Morgan fingerprint density at radius 2 is 1.83 bits per heavy atom. The van der Waals surface area contributed by atoms with Gasteiger partial charge in [-0.2, -0.15) is 0 Å². The lowest BCUT2D eigenvalue weighted by Crippen LogP contribution is -2.29. The van der Waals surface area contributed by atoms with Crippen LogP contribution in [0.5, 0.6) is 0 Å². The first-order chi connectivity index (χ1) is 17.5. The van der Waals surface area contributed by atoms with Crippen LogP contribution in [0.15, 0.2) is 66.3 Å². The van der Waals surface area contributed by atoms with Gasteiger partial charge in [0, 0.05) is 18.1 Å². The Labute approximate surface area is 219 Å². The average Bonchev–Trinajstić information content (AvgIpc) is 3.14. The minimum atomic E-state index is -0.358. The minimum Gasteiger partial charge on any atom is -0.462 e. The molecular weight excluding hydrogens is 444 g/mol. The molecule has 0 amide bonds. The number of rotatable bonds is 13. The van der Waals surface area contributed by atoms with E-state index in [0.29, 0.717) is 18.1 Å². The lowest BCUT2D eigenvalue weighted by Gasteiger charge is -2.33. The summed E-state index contributed by atoms with van der Waals surface area (Å²) in [4.78, 5) is 11.7. The van der Waals surface area contributed by atoms with Gasteiger partial charge in [0.1, 0.15) is 0 Å². The van der Waals surface area contributed by atoms with E-state index in [4.69, 9.17) is 4.74 Å². The smallest absolute Gasteiger partial charge is 0.333 e. The van der Waals surface area contributed by atoms with Crippen LogP contribution in [0.25, 0.3) is 5.57 Å². The molecule has 1 saturated carbocycles. The molecule has 1 unspecified atom stereocenters. The van der Waals surface area contributed by atoms with Gasteiger partial charge >= 0.3 is 5.97 Å². The number of ether oxygens (including phenoxy) is 1. The van der Waals surface area contributed by atoms with Crippen molar-refractivity contribution in [3.63, 3.8) is 0 Å². The number of aliphatic hydroxyl groups excluding tert-OH is 1. The first-order valence-electron chi connectivity index (χ1n) is 14.1. The number of esters is 1. The van der Waals surface area contributed by atoms with Crippen LogP contribution in [0.4, 0.5) is 0 Å². The van der Waals surface area contributed by atoms with Crippen molar-refractivity contribution in [3.05, 3.63) is 77.4 Å². The fraction of sp³-hybridized carbons (Fsp3) is 0.545. The second-order valence-corrected chi connectivity index (χ2v) is 10.8. The Kier molecular flexibility index (Phi) is 11.7. The molecule has 1 atom stereocenters. The summed E-state index contributed by atoms with van der Waals surface area (Å²) in [5.74, 6) is 0.851. The highest BCUT2D eigenvalue weighted by Crippen LogP contribution is 2.36. The summed E-state index contributed by atoms with van der Waals surface area (Å²) < 4.78 is 5.32. The van der Waals surface area contributed by atoms with Gasteiger partial charge in [-0.15, -0.1) is 0 Å². The molecule has 3 heteroatoms. The SMILES string of the molecule is C=C(C)C(=O)OCC(CO)C1CCC(CCC2=CC=C(c3ccc(CCCCC)cc3)CC=C2)CC1. The molecule has 0 saturated heterocycles. The van der Waals surface area contributed by atoms with E-state index in [1.54, 1.807) is 6.92 Å². The van der Waals surface area contributed by atoms with Crippen molar-refractivity contribution in [2.75, 3.05) is 13.2 Å². The molecule has 1 fully saturated rings. The molecule has 1 aromatic carbocycles. The molecule has 0 aliphatic heterocycles. The van der Waals surface area contributed by atoms with E-state index in [1.165, 1.54) is 67.2 Å². The van der Waals surface area contributed by atoms with Gasteiger partial charge in [0.2, 0.25) is 0 Å². The van der Waals surface area contributed by atoms with Crippen LogP contribution in [-0.2, 0) is 16.0 Å². The summed E-state index contributed by atoms with van der Waals surface area (Å²) in [6, 6.07) is 9.18. The summed E-state index contributed by atoms with van der Waals surface area (Å²) in [6.45, 7) is 7.91. The zero-order valence-electron chi connectivity index (χ0n) is 22.5. The van der Waals surface area contributed by atoms with Crippen LogP contribution >= 0.6 is 0 Å². The molecule has 0 radical (unpaired) electrons. The predicted molar refractivity (Wildman–Crippen MR) is 151 cm³/mol. The Morgan fingerprint density at radius 3 is 2.50 bits per heavy atom. The van der Waals surface area contributed by atoms with E-state index in [2.05, 4.69) is 62.1 Å². The number of unbranched alkanes of at least 4 members (excludes halogenated alkanes) is 2. The molecule has 3 rings (SSSR count). The number of allylic oxidation sites excluding steroid dienone is 6. The normalized spacial score (nSPS) is 20.8. The van der Waals surface area contributed by atoms with Crippen LogP contribution < -0.4 is 0 Å². The second kappa shape index (κ2) is 15.0. The molecule has 1 N–H and O–H groups in total. The maximum Gasteiger partial charge on any atom is 0.333 e. The van der Waals surface area contributed by atoms with E-state index >= 15 is 0 Å². The quantitative estimate of drug-likeness (QED) is 0.173. The van der Waals surface area contributed by atoms with Gasteiger partial charge in [-0.1, -0.05) is 87.8 Å². The van der Waals surface area contributed by atoms with Gasteiger partial charge in [0.15, 0.2) is 0 Å². The number of benzene rings is 1. The Morgan fingerprint density at radius 1 is 1.08 bits per heavy atom. The maximum atomic E-state index is 11.7. The van der Waals surface area contributed by atoms with Crippen molar-refractivity contribution < 1.29 is 14.6 Å². The third kappa shape index (κ3) is 8.92. The van der Waals surface area contributed by atoms with Gasteiger partial charge in [-0.25, -0.2) is 4.79 Å². The number of hydrogen-bond acceptors (Lipinski definition) is 3. The molecule has 0 heterocycles. The lowest BCUT2D eigenvalue weighted by atomic mass is 9.74. The second-order valence-electron chi connectivity index (χ2n) is 10.8. The fourth-order valence-electron chi connectivity index (χ4n) is 5.48. The van der Waals surface area contributed by atoms with E-state index in [0.717, 1.165) is 31.6 Å². The third-order valence-electron chi connectivity index (χ3n) is 7.97. The molecular formula is C33H46O3. The monoisotopic (exact) mass is 490 g/mol. The third-order valence-corrected chi connectivity index (χ3v) is 7.97. The lowest BCUT2D eigenvalue weighted by molar-refractivity contribution is -0.141. The maximum absolute atomic E-state index is 11.7. The largest absolute Gasteiger partial charge is 0.462 e. The van der Waals surface area contributed by atoms with Crippen LogP contribution in [0, 0.1) is 17.8 Å². The molecule has 36 heavy (non-hydrogen) atoms. The van der Waals surface area contributed by atoms with Crippen molar-refractivity contribution in [3.8, 4) is 0 Å². The summed E-state index contributed by atoms with van der Waals surface area (Å²) in [6.07, 6.45) is 22.2. The van der Waals surface area contributed by atoms with Crippen molar-refractivity contribution in [1.82, 2.24) is 0 Å². The van der Waals surface area contributed by atoms with Gasteiger partial charge in [0.25, 0.3) is 0 Å². The van der Waals surface area contributed by atoms with Crippen molar-refractivity contribution in [1.29, 1.82) is 0 Å². The average molecular weight is 491 g/mol. The van der Waals surface area contributed by atoms with Gasteiger partial charge in [-0.3, -0.25) is 0 Å². The summed E-state index contributed by atoms with van der Waals surface area (Å²) in [5.41, 5.74) is 6.01. The van der Waals surface area contributed by atoms with Crippen LogP contribution in [-0.4, -0.2) is 24.3 Å². The highest BCUT2D eigenvalue weighted by Gasteiger charge is 2.28. The van der Waals surface area contributed by atoms with Crippen LogP contribution in [0.1, 0.15) is 89.2 Å². The number of aryl methyl sites for hydroxylation is 1. The van der Waals surface area contributed by atoms with Crippen LogP contribution in [0.3, 0.4) is 0 Å². The molecule has 0 aromatic heterocycles. The highest BCUT2D eigenvalue weighted by atomic mass is 16.5. The number of aliphatic hydroxyl groups is 1. The van der Waals surface area contributed by atoms with E-state index in [9.17, 15) is 9.90 Å². The first-order valence-corrected chi connectivity index (χ1v) is 14.1. The zero-order chi connectivity index (χ0) is 25.8. The predicted octanol–water partition coefficient (Wildman–Crippen LogP) is 8.00. The van der Waals surface area contributed by atoms with E-state index in [-0.39, 0.29) is 18.5 Å². The number of carbonyl (C=O) groups is 1. The van der Waals surface area contributed by atoms with Crippen LogP contribution in [0.2, 0.25) is 0 Å². The molecule has 2 aliphatic rings. The topological polar surface area (TPSA) is 46.5 Å². The molecule has 196 valence electrons. The van der Waals surface area contributed by atoms with Gasteiger partial charge in [0.05, 0.1) is 6.61 Å². The molecule has 3 nitrogen and oxygen atoms in total. The Bertz CT molecular complexity index is 926. The number of hydrogen-bond donors (Lipinski definition) is 1. The Balaban J connectivity index is 1.44. The van der Waals surface area contributed by atoms with Gasteiger partial charge in [-0.05, 0) is 86.0 Å². The zero-order valence-corrected chi connectivity index (χ0v) is 22.5. The van der Waals surface area contributed by atoms with E-state index in [1.807, 2.05) is 0 Å². The minimum absolute atomic E-state index is 0.0377. The van der Waals surface area contributed by atoms with Crippen molar-refractivity contribution in [2.24, 2.45) is 17.8 Å². The number of carbonyl (C=O) groups excluding carboxylic acids is 1.